The van der Waals surface area contributed by atoms with Gasteiger partial charge < -0.3 is 4.90 Å². The van der Waals surface area contributed by atoms with Crippen molar-refractivity contribution in [2.45, 2.75) is 4.90 Å². The summed E-state index contributed by atoms with van der Waals surface area (Å²) in [7, 11) is -1.94. The van der Waals surface area contributed by atoms with E-state index in [-0.39, 0.29) is 4.90 Å². The van der Waals surface area contributed by atoms with E-state index in [0.717, 1.165) is 54.8 Å². The second kappa shape index (κ2) is 9.04. The number of hydrazone groups is 1. The Morgan fingerprint density at radius 3 is 2.21 bits per heavy atom. The van der Waals surface area contributed by atoms with Crippen LogP contribution in [-0.2, 0) is 10.0 Å². The van der Waals surface area contributed by atoms with Crippen LogP contribution in [0.15, 0.2) is 88.9 Å². The van der Waals surface area contributed by atoms with E-state index in [1.165, 1.54) is 16.1 Å². The van der Waals surface area contributed by atoms with Crippen LogP contribution in [0, 0.1) is 5.82 Å². The van der Waals surface area contributed by atoms with Gasteiger partial charge in [-0.05, 0) is 42.9 Å². The summed E-state index contributed by atoms with van der Waals surface area (Å²) in [4.78, 5) is 2.28. The Morgan fingerprint density at radius 2 is 1.50 bits per heavy atom. The van der Waals surface area contributed by atoms with Crippen LogP contribution >= 0.6 is 0 Å². The van der Waals surface area contributed by atoms with Crippen LogP contribution in [0.3, 0.4) is 0 Å². The molecule has 5 rings (SSSR count). The fourth-order valence-electron chi connectivity index (χ4n) is 4.25. The Balaban J connectivity index is 1.75. The molecule has 174 valence electrons. The molecule has 0 unspecified atom stereocenters. The summed E-state index contributed by atoms with van der Waals surface area (Å²) in [5.41, 5.74) is 2.56. The molecule has 0 atom stereocenters. The largest absolute Gasteiger partial charge is 0.303 e. The van der Waals surface area contributed by atoms with Crippen LogP contribution < -0.4 is 0 Å². The molecule has 4 aromatic rings. The third kappa shape index (κ3) is 4.10. The van der Waals surface area contributed by atoms with Gasteiger partial charge in [0, 0.05) is 37.1 Å². The van der Waals surface area contributed by atoms with Gasteiger partial charge in [-0.3, -0.25) is 5.01 Å². The van der Waals surface area contributed by atoms with Gasteiger partial charge >= 0.3 is 0 Å². The Hall–Kier alpha value is -3.49. The smallest absolute Gasteiger partial charge is 0.268 e. The summed E-state index contributed by atoms with van der Waals surface area (Å²) in [5, 5.41) is 7.52. The molecule has 6 nitrogen and oxygen atoms in total. The lowest BCUT2D eigenvalue weighted by Gasteiger charge is -2.30. The standard InChI is InChI=1S/C26H25FN4O2S/c1-29-15-17-30(18-16-29)28-19-24-23-9-5-6-10-25(23)31(26(24)20-7-3-2-4-8-20)34(32,33)22-13-11-21(27)12-14-22/h2-14,19H,15-18H2,1H3. The molecule has 3 aromatic carbocycles. The highest BCUT2D eigenvalue weighted by Crippen LogP contribution is 2.36. The highest BCUT2D eigenvalue weighted by molar-refractivity contribution is 7.90. The maximum absolute atomic E-state index is 13.9. The average Bonchev–Trinajstić information content (AvgIpc) is 3.20. The van der Waals surface area contributed by atoms with Gasteiger partial charge in [-0.2, -0.15) is 5.10 Å². The van der Waals surface area contributed by atoms with Gasteiger partial charge in [0.15, 0.2) is 0 Å². The van der Waals surface area contributed by atoms with Gasteiger partial charge in [0.1, 0.15) is 5.82 Å². The summed E-state index contributed by atoms with van der Waals surface area (Å²) >= 11 is 0. The molecule has 1 aliphatic heterocycles. The Bertz CT molecular complexity index is 1440. The molecule has 0 saturated carbocycles. The molecule has 0 spiro atoms. The zero-order valence-corrected chi connectivity index (χ0v) is 19.6. The van der Waals surface area contributed by atoms with E-state index in [0.29, 0.717) is 11.2 Å². The van der Waals surface area contributed by atoms with Crippen LogP contribution in [-0.4, -0.2) is 61.7 Å². The van der Waals surface area contributed by atoms with Gasteiger partial charge in [0.05, 0.1) is 22.3 Å². The number of para-hydroxylation sites is 1. The topological polar surface area (TPSA) is 57.9 Å². The van der Waals surface area contributed by atoms with Crippen LogP contribution in [0.5, 0.6) is 0 Å². The van der Waals surface area contributed by atoms with Crippen molar-refractivity contribution in [1.29, 1.82) is 0 Å². The molecule has 0 bridgehead atoms. The monoisotopic (exact) mass is 476 g/mol. The minimum atomic E-state index is -4.02. The lowest BCUT2D eigenvalue weighted by atomic mass is 10.1. The number of likely N-dealkylation sites (N-methyl/N-ethyl adjacent to an activating group) is 1. The van der Waals surface area contributed by atoms with Gasteiger partial charge in [0.2, 0.25) is 0 Å². The molecule has 1 saturated heterocycles. The van der Waals surface area contributed by atoms with Gasteiger partial charge in [-0.15, -0.1) is 0 Å². The number of hydrogen-bond donors (Lipinski definition) is 0. The fraction of sp³-hybridized carbons (Fsp3) is 0.192. The first kappa shape index (κ1) is 22.3. The summed E-state index contributed by atoms with van der Waals surface area (Å²) in [6, 6.07) is 21.7. The maximum atomic E-state index is 13.9. The second-order valence-corrected chi connectivity index (χ2v) is 10.2. The Labute approximate surface area is 198 Å². The lowest BCUT2D eigenvalue weighted by Crippen LogP contribution is -2.41. The minimum Gasteiger partial charge on any atom is -0.303 e. The number of hydrogen-bond acceptors (Lipinski definition) is 5. The SMILES string of the molecule is CN1CCN(N=Cc2c(-c3ccccc3)n(S(=O)(=O)c3ccc(F)cc3)c3ccccc23)CC1. The third-order valence-corrected chi connectivity index (χ3v) is 7.83. The minimum absolute atomic E-state index is 0.0226. The van der Waals surface area contributed by atoms with E-state index in [1.807, 2.05) is 53.5 Å². The Kier molecular flexibility index (Phi) is 5.93. The number of fused-ring (bicyclic) bond motifs is 1. The van der Waals surface area contributed by atoms with E-state index in [2.05, 4.69) is 11.9 Å². The average molecular weight is 477 g/mol. The van der Waals surface area contributed by atoms with Crippen molar-refractivity contribution in [2.24, 2.45) is 5.10 Å². The Morgan fingerprint density at radius 1 is 0.853 bits per heavy atom. The highest BCUT2D eigenvalue weighted by atomic mass is 32.2. The zero-order chi connectivity index (χ0) is 23.7. The molecule has 1 aliphatic rings. The van der Waals surface area contributed by atoms with Gasteiger partial charge in [-0.1, -0.05) is 48.5 Å². The molecule has 2 heterocycles. The van der Waals surface area contributed by atoms with Crippen molar-refractivity contribution >= 4 is 27.1 Å². The fourth-order valence-corrected chi connectivity index (χ4v) is 5.80. The lowest BCUT2D eigenvalue weighted by molar-refractivity contribution is 0.159. The van der Waals surface area contributed by atoms with Crippen molar-refractivity contribution in [3.63, 3.8) is 0 Å². The van der Waals surface area contributed by atoms with Crippen LogP contribution in [0.1, 0.15) is 5.56 Å². The molecule has 8 heteroatoms. The van der Waals surface area contributed by atoms with Gasteiger partial charge in [0.25, 0.3) is 10.0 Å². The summed E-state index contributed by atoms with van der Waals surface area (Å²) in [6.45, 7) is 3.45. The van der Waals surface area contributed by atoms with Crippen molar-refractivity contribution in [3.8, 4) is 11.3 Å². The van der Waals surface area contributed by atoms with Crippen LogP contribution in [0.4, 0.5) is 4.39 Å². The first-order valence-electron chi connectivity index (χ1n) is 11.1. The summed E-state index contributed by atoms with van der Waals surface area (Å²) < 4.78 is 42.7. The molecule has 1 fully saturated rings. The predicted molar refractivity (Wildman–Crippen MR) is 133 cm³/mol. The van der Waals surface area contributed by atoms with Crippen LogP contribution in [0.2, 0.25) is 0 Å². The molecular weight excluding hydrogens is 451 g/mol. The molecule has 0 radical (unpaired) electrons. The second-order valence-electron chi connectivity index (χ2n) is 8.37. The number of aromatic nitrogens is 1. The summed E-state index contributed by atoms with van der Waals surface area (Å²) in [5.74, 6) is -0.486. The summed E-state index contributed by atoms with van der Waals surface area (Å²) in [6.07, 6.45) is 1.77. The van der Waals surface area contributed by atoms with Crippen molar-refractivity contribution < 1.29 is 12.8 Å². The number of halogens is 1. The number of rotatable bonds is 5. The van der Waals surface area contributed by atoms with E-state index in [1.54, 1.807) is 12.3 Å². The van der Waals surface area contributed by atoms with Crippen molar-refractivity contribution in [3.05, 3.63) is 90.2 Å². The van der Waals surface area contributed by atoms with Crippen molar-refractivity contribution in [1.82, 2.24) is 13.9 Å². The molecule has 0 amide bonds. The van der Waals surface area contributed by atoms with Crippen LogP contribution in [0.25, 0.3) is 22.2 Å². The molecular formula is C26H25FN4O2S. The third-order valence-electron chi connectivity index (χ3n) is 6.10. The van der Waals surface area contributed by atoms with E-state index < -0.39 is 15.8 Å². The first-order chi connectivity index (χ1) is 16.4. The number of nitrogens with zero attached hydrogens (tertiary/aromatic N) is 4. The maximum Gasteiger partial charge on any atom is 0.268 e. The first-order valence-corrected chi connectivity index (χ1v) is 12.6. The zero-order valence-electron chi connectivity index (χ0n) is 18.8. The highest BCUT2D eigenvalue weighted by Gasteiger charge is 2.27. The number of piperazine rings is 1. The van der Waals surface area contributed by atoms with E-state index in [4.69, 9.17) is 5.10 Å². The van der Waals surface area contributed by atoms with E-state index >= 15 is 0 Å². The molecule has 0 N–H and O–H groups in total. The quantitative estimate of drug-likeness (QED) is 0.404. The molecule has 34 heavy (non-hydrogen) atoms. The molecule has 1 aromatic heterocycles. The predicted octanol–water partition coefficient (Wildman–Crippen LogP) is 4.27. The van der Waals surface area contributed by atoms with Gasteiger partial charge in [-0.25, -0.2) is 16.8 Å². The number of benzene rings is 3. The molecule has 0 aliphatic carbocycles. The normalized spacial score (nSPS) is 15.4. The van der Waals surface area contributed by atoms with E-state index in [9.17, 15) is 12.8 Å². The van der Waals surface area contributed by atoms with Crippen molar-refractivity contribution in [2.75, 3.05) is 33.2 Å².